The number of hydrogen-bond donors (Lipinski definition) is 2. The number of thiophene rings is 1. The Morgan fingerprint density at radius 2 is 2.20 bits per heavy atom. The highest BCUT2D eigenvalue weighted by Gasteiger charge is 2.23. The first-order valence-electron chi connectivity index (χ1n) is 6.54. The second-order valence-electron chi connectivity index (χ2n) is 4.80. The lowest BCUT2D eigenvalue weighted by atomic mass is 9.97. The largest absolute Gasteiger partial charge is 0.317 e. The minimum absolute atomic E-state index is 0.130. The fourth-order valence-corrected chi connectivity index (χ4v) is 3.81. The summed E-state index contributed by atoms with van der Waals surface area (Å²) in [7, 11) is 0. The molecule has 1 aliphatic rings. The summed E-state index contributed by atoms with van der Waals surface area (Å²) in [5.74, 6) is -0.382. The van der Waals surface area contributed by atoms with E-state index in [0.717, 1.165) is 35.6 Å². The molecule has 0 unspecified atom stereocenters. The number of hydrogen-bond acceptors (Lipinski definition) is 3. The molecule has 2 heterocycles. The molecular formula is C15H15FN2OS. The van der Waals surface area contributed by atoms with Gasteiger partial charge in [-0.15, -0.1) is 11.3 Å². The number of fused-ring (bicyclic) bond motifs is 1. The Bertz CT molecular complexity index is 666. The molecule has 0 bridgehead atoms. The van der Waals surface area contributed by atoms with Crippen LogP contribution in [0.5, 0.6) is 0 Å². The molecule has 0 aliphatic carbocycles. The van der Waals surface area contributed by atoms with Crippen LogP contribution in [0.15, 0.2) is 24.3 Å². The van der Waals surface area contributed by atoms with Crippen molar-refractivity contribution >= 4 is 22.2 Å². The molecule has 1 amide bonds. The molecule has 0 fully saturated rings. The molecule has 2 aromatic rings. The Hall–Kier alpha value is -1.72. The van der Waals surface area contributed by atoms with Crippen LogP contribution in [0, 0.1) is 5.82 Å². The van der Waals surface area contributed by atoms with Gasteiger partial charge in [0.25, 0.3) is 0 Å². The van der Waals surface area contributed by atoms with Gasteiger partial charge in [-0.3, -0.25) is 4.79 Å². The maximum Gasteiger partial charge on any atom is 0.221 e. The second-order valence-corrected chi connectivity index (χ2v) is 5.90. The molecule has 0 spiro atoms. The van der Waals surface area contributed by atoms with E-state index in [1.165, 1.54) is 29.2 Å². The molecule has 0 radical (unpaired) electrons. The first kappa shape index (κ1) is 13.3. The van der Waals surface area contributed by atoms with Crippen LogP contribution in [0.1, 0.15) is 17.4 Å². The second kappa shape index (κ2) is 5.34. The fourth-order valence-electron chi connectivity index (χ4n) is 2.53. The van der Waals surface area contributed by atoms with Gasteiger partial charge in [0.15, 0.2) is 0 Å². The molecule has 1 aromatic carbocycles. The zero-order valence-electron chi connectivity index (χ0n) is 11.1. The van der Waals surface area contributed by atoms with E-state index in [4.69, 9.17) is 0 Å². The van der Waals surface area contributed by atoms with Gasteiger partial charge in [0.2, 0.25) is 5.91 Å². The molecule has 20 heavy (non-hydrogen) atoms. The number of amides is 1. The number of carbonyl (C=O) groups excluding carboxylic acids is 1. The topological polar surface area (TPSA) is 41.1 Å². The third-order valence-electron chi connectivity index (χ3n) is 3.36. The Balaban J connectivity index is 2.19. The van der Waals surface area contributed by atoms with Gasteiger partial charge < -0.3 is 10.6 Å². The molecule has 3 nitrogen and oxygen atoms in total. The molecule has 104 valence electrons. The third kappa shape index (κ3) is 2.34. The fraction of sp³-hybridized carbons (Fsp3) is 0.267. The van der Waals surface area contributed by atoms with E-state index in [-0.39, 0.29) is 11.7 Å². The van der Waals surface area contributed by atoms with Gasteiger partial charge >= 0.3 is 0 Å². The molecule has 2 N–H and O–H groups in total. The number of anilines is 1. The van der Waals surface area contributed by atoms with E-state index in [9.17, 15) is 9.18 Å². The summed E-state index contributed by atoms with van der Waals surface area (Å²) in [6.07, 6.45) is 0.856. The van der Waals surface area contributed by atoms with Crippen molar-refractivity contribution in [2.45, 2.75) is 19.9 Å². The van der Waals surface area contributed by atoms with Crippen LogP contribution in [-0.4, -0.2) is 12.5 Å². The first-order chi connectivity index (χ1) is 9.66. The smallest absolute Gasteiger partial charge is 0.221 e. The Morgan fingerprint density at radius 1 is 1.40 bits per heavy atom. The highest BCUT2D eigenvalue weighted by molar-refractivity contribution is 7.17. The molecule has 1 aliphatic heterocycles. The molecule has 1 aromatic heterocycles. The van der Waals surface area contributed by atoms with Crippen molar-refractivity contribution in [3.8, 4) is 11.1 Å². The van der Waals surface area contributed by atoms with Crippen LogP contribution in [-0.2, 0) is 17.8 Å². The van der Waals surface area contributed by atoms with Crippen molar-refractivity contribution in [1.29, 1.82) is 0 Å². The van der Waals surface area contributed by atoms with E-state index in [2.05, 4.69) is 10.6 Å². The minimum atomic E-state index is -0.252. The lowest BCUT2D eigenvalue weighted by molar-refractivity contribution is -0.114. The van der Waals surface area contributed by atoms with E-state index in [1.54, 1.807) is 12.1 Å². The molecule has 5 heteroatoms. The lowest BCUT2D eigenvalue weighted by Gasteiger charge is -2.15. The monoisotopic (exact) mass is 290 g/mol. The average molecular weight is 290 g/mol. The predicted octanol–water partition coefficient (Wildman–Crippen LogP) is 3.16. The van der Waals surface area contributed by atoms with Gasteiger partial charge in [0.05, 0.1) is 0 Å². The van der Waals surface area contributed by atoms with Crippen molar-refractivity contribution in [3.05, 3.63) is 40.5 Å². The van der Waals surface area contributed by atoms with Crippen molar-refractivity contribution in [3.63, 3.8) is 0 Å². The summed E-state index contributed by atoms with van der Waals surface area (Å²) in [5, 5.41) is 6.89. The molecule has 0 saturated carbocycles. The summed E-state index contributed by atoms with van der Waals surface area (Å²) in [6.45, 7) is 3.13. The SMILES string of the molecule is CC(=O)Nc1sc2c(c1-c1ccccc1F)CCNC2. The van der Waals surface area contributed by atoms with Crippen LogP contribution >= 0.6 is 11.3 Å². The van der Waals surface area contributed by atoms with Crippen LogP contribution in [0.3, 0.4) is 0 Å². The van der Waals surface area contributed by atoms with Crippen molar-refractivity contribution in [1.82, 2.24) is 5.32 Å². The first-order valence-corrected chi connectivity index (χ1v) is 7.36. The predicted molar refractivity (Wildman–Crippen MR) is 79.4 cm³/mol. The summed E-state index contributed by atoms with van der Waals surface area (Å²) in [5.41, 5.74) is 2.57. The van der Waals surface area contributed by atoms with E-state index < -0.39 is 0 Å². The molecule has 0 atom stereocenters. The average Bonchev–Trinajstić information content (AvgIpc) is 2.76. The summed E-state index contributed by atoms with van der Waals surface area (Å²) in [4.78, 5) is 12.6. The maximum atomic E-state index is 14.1. The number of benzene rings is 1. The van der Waals surface area contributed by atoms with Gasteiger partial charge in [0, 0.05) is 29.5 Å². The zero-order chi connectivity index (χ0) is 14.1. The van der Waals surface area contributed by atoms with Crippen molar-refractivity contribution in [2.24, 2.45) is 0 Å². The van der Waals surface area contributed by atoms with Gasteiger partial charge in [-0.05, 0) is 24.6 Å². The Labute approximate surface area is 120 Å². The number of halogens is 1. The van der Waals surface area contributed by atoms with E-state index in [1.807, 2.05) is 6.07 Å². The summed E-state index contributed by atoms with van der Waals surface area (Å²) in [6, 6.07) is 6.72. The summed E-state index contributed by atoms with van der Waals surface area (Å²) >= 11 is 1.53. The standard InChI is InChI=1S/C15H15FN2OS/c1-9(19)18-15-14(10-4-2-3-5-12(10)16)11-6-7-17-8-13(11)20-15/h2-5,17H,6-8H2,1H3,(H,18,19). The number of rotatable bonds is 2. The Morgan fingerprint density at radius 3 is 2.95 bits per heavy atom. The zero-order valence-corrected chi connectivity index (χ0v) is 11.9. The number of carbonyl (C=O) groups is 1. The van der Waals surface area contributed by atoms with E-state index in [0.29, 0.717) is 5.56 Å². The van der Waals surface area contributed by atoms with Crippen molar-refractivity contribution < 1.29 is 9.18 Å². The van der Waals surface area contributed by atoms with Gasteiger partial charge in [-0.25, -0.2) is 4.39 Å². The molecule has 0 saturated heterocycles. The quantitative estimate of drug-likeness (QED) is 0.892. The third-order valence-corrected chi connectivity index (χ3v) is 4.51. The normalized spacial score (nSPS) is 13.9. The maximum absolute atomic E-state index is 14.1. The van der Waals surface area contributed by atoms with Crippen LogP contribution < -0.4 is 10.6 Å². The van der Waals surface area contributed by atoms with Crippen LogP contribution in [0.4, 0.5) is 9.39 Å². The van der Waals surface area contributed by atoms with Gasteiger partial charge in [-0.2, -0.15) is 0 Å². The Kier molecular flexibility index (Phi) is 3.54. The van der Waals surface area contributed by atoms with Crippen LogP contribution in [0.2, 0.25) is 0 Å². The lowest BCUT2D eigenvalue weighted by Crippen LogP contribution is -2.22. The van der Waals surface area contributed by atoms with Crippen molar-refractivity contribution in [2.75, 3.05) is 11.9 Å². The summed E-state index contributed by atoms with van der Waals surface area (Å²) < 4.78 is 14.1. The van der Waals surface area contributed by atoms with Gasteiger partial charge in [0.1, 0.15) is 10.8 Å². The van der Waals surface area contributed by atoms with Crippen LogP contribution in [0.25, 0.3) is 11.1 Å². The highest BCUT2D eigenvalue weighted by atomic mass is 32.1. The minimum Gasteiger partial charge on any atom is -0.317 e. The highest BCUT2D eigenvalue weighted by Crippen LogP contribution is 2.43. The van der Waals surface area contributed by atoms with Gasteiger partial charge in [-0.1, -0.05) is 18.2 Å². The van der Waals surface area contributed by atoms with E-state index >= 15 is 0 Å². The molecule has 3 rings (SSSR count). The molecular weight excluding hydrogens is 275 g/mol. The number of nitrogens with one attached hydrogen (secondary N) is 2.